The Morgan fingerprint density at radius 2 is 0.980 bits per heavy atom. The molecule has 51 heavy (non-hydrogen) atoms. The highest BCUT2D eigenvalue weighted by molar-refractivity contribution is 5.95. The summed E-state index contributed by atoms with van der Waals surface area (Å²) in [5.41, 5.74) is 12.1. The van der Waals surface area contributed by atoms with Gasteiger partial charge >= 0.3 is 0 Å². The van der Waals surface area contributed by atoms with Gasteiger partial charge in [0, 0.05) is 50.5 Å². The zero-order valence-electron chi connectivity index (χ0n) is 27.6. The van der Waals surface area contributed by atoms with E-state index in [4.69, 9.17) is 19.9 Å². The number of hydrogen-bond acceptors (Lipinski definition) is 5. The van der Waals surface area contributed by atoms with Crippen molar-refractivity contribution in [3.63, 3.8) is 0 Å². The molecule has 5 heteroatoms. The second-order valence-corrected chi connectivity index (χ2v) is 13.0. The van der Waals surface area contributed by atoms with E-state index in [1.54, 1.807) is 0 Å². The van der Waals surface area contributed by atoms with Gasteiger partial charge in [0.1, 0.15) is 0 Å². The number of fused-ring (bicyclic) bond motifs is 7. The number of para-hydroxylation sites is 2. The summed E-state index contributed by atoms with van der Waals surface area (Å²) < 4.78 is 0. The van der Waals surface area contributed by atoms with E-state index in [0.29, 0.717) is 17.5 Å². The van der Waals surface area contributed by atoms with Crippen LogP contribution < -0.4 is 4.90 Å². The molecule has 2 aliphatic rings. The van der Waals surface area contributed by atoms with Crippen molar-refractivity contribution in [3.8, 4) is 45.4 Å². The van der Waals surface area contributed by atoms with Crippen LogP contribution in [0.3, 0.4) is 0 Å². The lowest BCUT2D eigenvalue weighted by molar-refractivity contribution is 0.672. The van der Waals surface area contributed by atoms with Gasteiger partial charge in [-0.25, -0.2) is 19.9 Å². The van der Waals surface area contributed by atoms with E-state index in [1.807, 2.05) is 60.7 Å². The highest BCUT2D eigenvalue weighted by Gasteiger charge is 2.43. The van der Waals surface area contributed by atoms with Crippen LogP contribution in [0, 0.1) is 0 Å². The molecule has 0 saturated carbocycles. The summed E-state index contributed by atoms with van der Waals surface area (Å²) in [6, 6.07) is 56.9. The Kier molecular flexibility index (Phi) is 6.88. The summed E-state index contributed by atoms with van der Waals surface area (Å²) in [6.07, 6.45) is 4.68. The monoisotopic (exact) mass is 653 g/mol. The molecule has 0 bridgehead atoms. The number of hydrogen-bond donors (Lipinski definition) is 0. The van der Waals surface area contributed by atoms with Crippen molar-refractivity contribution in [2.45, 2.75) is 12.0 Å². The summed E-state index contributed by atoms with van der Waals surface area (Å²) in [4.78, 5) is 22.6. The molecule has 0 fully saturated rings. The summed E-state index contributed by atoms with van der Waals surface area (Å²) in [6.45, 7) is 0. The fraction of sp³-hybridized carbons (Fsp3) is 0.0435. The van der Waals surface area contributed by atoms with E-state index in [1.165, 1.54) is 27.8 Å². The summed E-state index contributed by atoms with van der Waals surface area (Å²) in [5.74, 6) is 2.14. The number of benzene rings is 6. The molecule has 3 heterocycles. The zero-order chi connectivity index (χ0) is 33.7. The topological polar surface area (TPSA) is 54.8 Å². The summed E-state index contributed by atoms with van der Waals surface area (Å²) in [5, 5.41) is 1.19. The number of aromatic nitrogens is 4. The molecule has 0 N–H and O–H groups in total. The highest BCUT2D eigenvalue weighted by Crippen LogP contribution is 2.57. The van der Waals surface area contributed by atoms with E-state index in [2.05, 4.69) is 120 Å². The molecule has 2 unspecified atom stereocenters. The molecule has 0 radical (unpaired) electrons. The molecule has 10 rings (SSSR count). The van der Waals surface area contributed by atoms with Crippen molar-refractivity contribution in [1.29, 1.82) is 0 Å². The molecule has 2 aromatic heterocycles. The Morgan fingerprint density at radius 3 is 1.63 bits per heavy atom. The van der Waals surface area contributed by atoms with Crippen LogP contribution in [0.5, 0.6) is 0 Å². The minimum atomic E-state index is 0.0511. The number of pyridine rings is 1. The van der Waals surface area contributed by atoms with Gasteiger partial charge < -0.3 is 4.90 Å². The van der Waals surface area contributed by atoms with Gasteiger partial charge in [0.2, 0.25) is 0 Å². The van der Waals surface area contributed by atoms with Crippen LogP contribution in [-0.2, 0) is 0 Å². The van der Waals surface area contributed by atoms with Gasteiger partial charge in [0.05, 0.1) is 17.3 Å². The predicted octanol–water partition coefficient (Wildman–Crippen LogP) is 11.1. The average Bonchev–Trinajstić information content (AvgIpc) is 3.56. The van der Waals surface area contributed by atoms with Crippen LogP contribution in [0.15, 0.2) is 170 Å². The smallest absolute Gasteiger partial charge is 0.164 e. The van der Waals surface area contributed by atoms with Crippen molar-refractivity contribution in [2.24, 2.45) is 0 Å². The first-order chi connectivity index (χ1) is 25.3. The maximum atomic E-state index is 5.23. The standard InChI is InChI=1S/C46H31N5/c1-4-14-30(15-5-1)42-38-29-28-36-35-20-11-13-23-40(35)51(43(36)41(38)37-21-10-12-22-39(37)47-42)34-26-24-33(25-27-34)46-49-44(31-16-6-2-7-17-31)48-45(50-46)32-18-8-3-9-19-32/h1-29,36,43H. The Labute approximate surface area is 296 Å². The van der Waals surface area contributed by atoms with E-state index < -0.39 is 0 Å². The molecule has 8 aromatic rings. The molecule has 1 aliphatic heterocycles. The predicted molar refractivity (Wildman–Crippen MR) is 206 cm³/mol. The Hall–Kier alpha value is -6.72. The lowest BCUT2D eigenvalue weighted by atomic mass is 9.80. The quantitative estimate of drug-likeness (QED) is 0.185. The average molecular weight is 654 g/mol. The van der Waals surface area contributed by atoms with Crippen molar-refractivity contribution in [1.82, 2.24) is 19.9 Å². The highest BCUT2D eigenvalue weighted by atomic mass is 15.2. The summed E-state index contributed by atoms with van der Waals surface area (Å²) in [7, 11) is 0. The van der Waals surface area contributed by atoms with Crippen molar-refractivity contribution >= 4 is 28.4 Å². The van der Waals surface area contributed by atoms with Crippen molar-refractivity contribution in [2.75, 3.05) is 4.90 Å². The van der Waals surface area contributed by atoms with Gasteiger partial charge in [-0.1, -0.05) is 140 Å². The molecule has 240 valence electrons. The molecular formula is C46H31N5. The second kappa shape index (κ2) is 12.0. The lowest BCUT2D eigenvalue weighted by Crippen LogP contribution is -2.25. The third-order valence-corrected chi connectivity index (χ3v) is 10.1. The minimum Gasteiger partial charge on any atom is -0.333 e. The van der Waals surface area contributed by atoms with E-state index in [9.17, 15) is 0 Å². The zero-order valence-corrected chi connectivity index (χ0v) is 27.6. The van der Waals surface area contributed by atoms with Gasteiger partial charge in [-0.05, 0) is 47.5 Å². The molecule has 2 atom stereocenters. The molecule has 5 nitrogen and oxygen atoms in total. The van der Waals surface area contributed by atoms with Crippen molar-refractivity contribution in [3.05, 3.63) is 187 Å². The largest absolute Gasteiger partial charge is 0.333 e. The van der Waals surface area contributed by atoms with Gasteiger partial charge in [-0.15, -0.1) is 0 Å². The lowest BCUT2D eigenvalue weighted by Gasteiger charge is -2.35. The maximum absolute atomic E-state index is 5.23. The number of nitrogens with zero attached hydrogens (tertiary/aromatic N) is 5. The minimum absolute atomic E-state index is 0.0511. The fourth-order valence-electron chi connectivity index (χ4n) is 7.75. The molecule has 0 amide bonds. The first kappa shape index (κ1) is 29.2. The van der Waals surface area contributed by atoms with Crippen LogP contribution >= 0.6 is 0 Å². The molecule has 6 aromatic carbocycles. The number of anilines is 2. The van der Waals surface area contributed by atoms with Crippen molar-refractivity contribution < 1.29 is 0 Å². The number of rotatable bonds is 5. The van der Waals surface area contributed by atoms with Crippen LogP contribution in [0.25, 0.3) is 62.4 Å². The third-order valence-electron chi connectivity index (χ3n) is 10.1. The van der Waals surface area contributed by atoms with Gasteiger partial charge in [0.15, 0.2) is 17.5 Å². The van der Waals surface area contributed by atoms with Crippen LogP contribution in [0.2, 0.25) is 0 Å². The van der Waals surface area contributed by atoms with Crippen LogP contribution in [0.4, 0.5) is 11.4 Å². The van der Waals surface area contributed by atoms with Gasteiger partial charge in [-0.3, -0.25) is 0 Å². The molecule has 1 aliphatic carbocycles. The van der Waals surface area contributed by atoms with Crippen LogP contribution in [0.1, 0.15) is 28.7 Å². The van der Waals surface area contributed by atoms with E-state index in [-0.39, 0.29) is 12.0 Å². The fourth-order valence-corrected chi connectivity index (χ4v) is 7.75. The first-order valence-electron chi connectivity index (χ1n) is 17.3. The normalized spacial score (nSPS) is 15.7. The first-order valence-corrected chi connectivity index (χ1v) is 17.3. The Balaban J connectivity index is 1.12. The SMILES string of the molecule is C1=CC2c3ccccc3N(c3ccc(-c4nc(-c5ccccc5)nc(-c5ccccc5)n4)cc3)C2c2c1c(-c1ccccc1)nc1ccccc21. The summed E-state index contributed by atoms with van der Waals surface area (Å²) >= 11 is 0. The van der Waals surface area contributed by atoms with Gasteiger partial charge in [-0.2, -0.15) is 0 Å². The Bertz CT molecular complexity index is 2530. The van der Waals surface area contributed by atoms with E-state index in [0.717, 1.165) is 39.2 Å². The molecule has 0 saturated heterocycles. The third kappa shape index (κ3) is 4.93. The van der Waals surface area contributed by atoms with Gasteiger partial charge in [0.25, 0.3) is 0 Å². The molecule has 0 spiro atoms. The maximum Gasteiger partial charge on any atom is 0.164 e. The molecular weight excluding hydrogens is 623 g/mol. The van der Waals surface area contributed by atoms with Crippen LogP contribution in [-0.4, -0.2) is 19.9 Å². The second-order valence-electron chi connectivity index (χ2n) is 13.0. The van der Waals surface area contributed by atoms with E-state index >= 15 is 0 Å². The Morgan fingerprint density at radius 1 is 0.451 bits per heavy atom.